The number of nitrogens with one attached hydrogen (secondary N) is 6. The molecule has 20 heteroatoms. The minimum atomic E-state index is -0.798. The number of nitrogens with two attached hydrogens (primary N) is 1. The van der Waals surface area contributed by atoms with Crippen molar-refractivity contribution in [2.45, 2.75) is 103 Å². The van der Waals surface area contributed by atoms with Gasteiger partial charge in [-0.3, -0.25) is 10.1 Å². The molecule has 2 amide bonds. The molecule has 0 aliphatic carbocycles. The smallest absolute Gasteiger partial charge is 0.345 e. The number of guanidine groups is 2. The van der Waals surface area contributed by atoms with E-state index in [0.717, 1.165) is 0 Å². The molecule has 0 saturated carbocycles. The van der Waals surface area contributed by atoms with Gasteiger partial charge in [-0.15, -0.1) is 0 Å². The van der Waals surface area contributed by atoms with Crippen LogP contribution in [0.4, 0.5) is 22.1 Å². The van der Waals surface area contributed by atoms with Crippen LogP contribution >= 0.6 is 0 Å². The Kier molecular flexibility index (Phi) is 22.4. The summed E-state index contributed by atoms with van der Waals surface area (Å²) in [6.45, 7) is 29.7. The summed E-state index contributed by atoms with van der Waals surface area (Å²) in [5, 5.41) is 14.5. The molecule has 8 N–H and O–H groups in total. The van der Waals surface area contributed by atoms with Crippen LogP contribution < -0.4 is 37.9 Å². The molecule has 20 nitrogen and oxygen atoms in total. The Morgan fingerprint density at radius 2 is 1.00 bits per heavy atom. The predicted molar refractivity (Wildman–Crippen MR) is 290 cm³/mol. The molecule has 0 unspecified atom stereocenters. The molecule has 0 spiro atoms. The number of hydrogen-bond donors (Lipinski definition) is 7. The Hall–Kier alpha value is -7.77. The van der Waals surface area contributed by atoms with Crippen LogP contribution in [-0.4, -0.2) is 91.3 Å². The maximum absolute atomic E-state index is 13.1. The van der Waals surface area contributed by atoms with E-state index >= 15 is 0 Å². The Bertz CT molecular complexity index is 2560. The highest BCUT2D eigenvalue weighted by molar-refractivity contribution is 6.18. The molecular formula is C54H76N10O10. The molecule has 0 bridgehead atoms. The number of hydrogen-bond acceptors (Lipinski definition) is 13. The van der Waals surface area contributed by atoms with Crippen LogP contribution in [0.2, 0.25) is 0 Å². The van der Waals surface area contributed by atoms with Gasteiger partial charge in [0.05, 0.1) is 26.4 Å². The lowest BCUT2D eigenvalue weighted by atomic mass is 9.98. The van der Waals surface area contributed by atoms with Gasteiger partial charge in [0.15, 0.2) is 0 Å². The maximum atomic E-state index is 13.1. The first kappa shape index (κ1) is 60.5. The van der Waals surface area contributed by atoms with E-state index in [-0.39, 0.29) is 82.9 Å². The summed E-state index contributed by atoms with van der Waals surface area (Å²) >= 11 is 0. The number of urea groups is 1. The van der Waals surface area contributed by atoms with Crippen LogP contribution in [0.25, 0.3) is 12.2 Å². The molecule has 0 aliphatic heterocycles. The molecule has 3 aromatic rings. The zero-order chi connectivity index (χ0) is 55.4. The van der Waals surface area contributed by atoms with E-state index in [1.807, 2.05) is 83.1 Å². The summed E-state index contributed by atoms with van der Waals surface area (Å²) in [4.78, 5) is 92.3. The number of unbranched alkanes of at least 4 members (excludes halogenated alkanes) is 1. The first-order valence-corrected chi connectivity index (χ1v) is 24.2. The number of ether oxygens (including phenoxy) is 4. The molecule has 402 valence electrons. The molecular weight excluding hydrogens is 949 g/mol. The number of aromatic nitrogens is 2. The second-order valence-electron chi connectivity index (χ2n) is 22.3. The van der Waals surface area contributed by atoms with E-state index in [4.69, 9.17) is 24.7 Å². The summed E-state index contributed by atoms with van der Waals surface area (Å²) in [5.41, 5.74) is 6.79. The lowest BCUT2D eigenvalue weighted by molar-refractivity contribution is -0.151. The van der Waals surface area contributed by atoms with Gasteiger partial charge in [-0.1, -0.05) is 114 Å². The lowest BCUT2D eigenvalue weighted by Gasteiger charge is -2.20. The van der Waals surface area contributed by atoms with Gasteiger partial charge in [0.1, 0.15) is 17.0 Å². The molecule has 1 heterocycles. The number of nitrogens with zero attached hydrogens (tertiary/aromatic N) is 3. The monoisotopic (exact) mass is 1020 g/mol. The molecule has 74 heavy (non-hydrogen) atoms. The second kappa shape index (κ2) is 27.3. The van der Waals surface area contributed by atoms with Crippen molar-refractivity contribution in [3.63, 3.8) is 0 Å². The normalized spacial score (nSPS) is 12.1. The topological polar surface area (TPSA) is 279 Å². The fraction of sp³-hybridized carbons (Fsp3) is 0.463. The van der Waals surface area contributed by atoms with Gasteiger partial charge in [-0.25, -0.2) is 24.0 Å². The molecule has 0 saturated heterocycles. The third-order valence-electron chi connectivity index (χ3n) is 9.18. The Morgan fingerprint density at radius 3 is 1.39 bits per heavy atom. The van der Waals surface area contributed by atoms with Gasteiger partial charge in [0.2, 0.25) is 17.9 Å². The Balaban J connectivity index is 1.83. The third kappa shape index (κ3) is 25.1. The van der Waals surface area contributed by atoms with Gasteiger partial charge in [-0.2, -0.15) is 15.0 Å². The fourth-order valence-corrected chi connectivity index (χ4v) is 5.66. The van der Waals surface area contributed by atoms with Crippen molar-refractivity contribution in [1.82, 2.24) is 20.6 Å². The van der Waals surface area contributed by atoms with Crippen molar-refractivity contribution >= 4 is 71.3 Å². The van der Waals surface area contributed by atoms with E-state index in [1.165, 1.54) is 18.2 Å². The van der Waals surface area contributed by atoms with Gasteiger partial charge < -0.3 is 50.9 Å². The highest BCUT2D eigenvalue weighted by Crippen LogP contribution is 2.22. The largest absolute Gasteiger partial charge is 0.461 e. The number of aliphatic imine (C=N–C) groups is 2. The van der Waals surface area contributed by atoms with E-state index in [1.54, 1.807) is 55.5 Å². The van der Waals surface area contributed by atoms with Gasteiger partial charge in [-0.05, 0) is 89.0 Å². The molecule has 0 fully saturated rings. The summed E-state index contributed by atoms with van der Waals surface area (Å²) in [6.07, 6.45) is 3.92. The Labute approximate surface area is 434 Å². The molecule has 0 atom stereocenters. The van der Waals surface area contributed by atoms with Gasteiger partial charge in [0, 0.05) is 36.2 Å². The Morgan fingerprint density at radius 1 is 0.608 bits per heavy atom. The molecule has 0 aliphatic rings. The van der Waals surface area contributed by atoms with Crippen molar-refractivity contribution in [2.75, 3.05) is 55.5 Å². The van der Waals surface area contributed by atoms with E-state index in [9.17, 15) is 28.8 Å². The van der Waals surface area contributed by atoms with E-state index in [0.29, 0.717) is 54.1 Å². The SMILES string of the molecule is C=C(/N=C(\N=C(/N)Nc1ccc(C=C(C(=O)OCC(C)(C)C)C(=O)OCC(C)(C)C)cc1)NCCCCNC(=O)Nc1nc(=O)cc(C)[nH]1)Nc1ccc(C=C(C(=O)OCC(C)(C)C)C(=O)OCC(C)(C)C)cc1. The number of carbonyl (C=O) groups excluding carboxylic acids is 5. The minimum absolute atomic E-state index is 0.0291. The highest BCUT2D eigenvalue weighted by atomic mass is 16.6. The quantitative estimate of drug-likeness (QED) is 0.00824. The van der Waals surface area contributed by atoms with Crippen molar-refractivity contribution in [1.29, 1.82) is 0 Å². The number of benzene rings is 2. The van der Waals surface area contributed by atoms with Crippen LogP contribution in [0.1, 0.15) is 113 Å². The standard InChI is InChI=1S/C54H76N10O10/c1-34-27-42(65)62-49(58-34)64-50(70)57-26-16-15-25-56-48(60-35(2)59-38-21-17-36(18-22-38)28-40(43(66)71-30-51(3,4)5)44(67)72-31-52(6,7)8)63-47(55)61-39-23-19-37(20-24-39)29-41(45(68)73-32-53(9,10)11)46(69)74-33-54(12,13)14/h17-24,27-29,59H,2,15-16,25-26,30-33H2,1,3-14H3,(H4,55,56,60,61,63)(H3,57,58,62,64,65,70). The number of H-pyrrole nitrogens is 1. The van der Waals surface area contributed by atoms with Crippen LogP contribution in [-0.2, 0) is 38.1 Å². The number of aryl methyl sites for hydroxylation is 1. The van der Waals surface area contributed by atoms with Crippen LogP contribution in [0.15, 0.2) is 92.9 Å². The molecule has 2 aromatic carbocycles. The van der Waals surface area contributed by atoms with E-state index < -0.39 is 35.5 Å². The number of rotatable bonds is 20. The van der Waals surface area contributed by atoms with Crippen LogP contribution in [0.3, 0.4) is 0 Å². The third-order valence-corrected chi connectivity index (χ3v) is 9.18. The van der Waals surface area contributed by atoms with Crippen molar-refractivity contribution in [3.05, 3.63) is 105 Å². The van der Waals surface area contributed by atoms with Crippen LogP contribution in [0, 0.1) is 28.6 Å². The number of anilines is 3. The van der Waals surface area contributed by atoms with Gasteiger partial charge >= 0.3 is 29.9 Å². The first-order valence-electron chi connectivity index (χ1n) is 24.2. The summed E-state index contributed by atoms with van der Waals surface area (Å²) in [7, 11) is 0. The average molecular weight is 1030 g/mol. The number of aromatic amines is 1. The van der Waals surface area contributed by atoms with Gasteiger partial charge in [0.25, 0.3) is 5.56 Å². The number of esters is 4. The van der Waals surface area contributed by atoms with Crippen LogP contribution in [0.5, 0.6) is 0 Å². The number of carbonyl (C=O) groups is 5. The lowest BCUT2D eigenvalue weighted by Crippen LogP contribution is -2.32. The van der Waals surface area contributed by atoms with E-state index in [2.05, 4.69) is 53.1 Å². The highest BCUT2D eigenvalue weighted by Gasteiger charge is 2.27. The zero-order valence-electron chi connectivity index (χ0n) is 45.2. The molecule has 3 rings (SSSR count). The fourth-order valence-electron chi connectivity index (χ4n) is 5.66. The maximum Gasteiger partial charge on any atom is 0.345 e. The summed E-state index contributed by atoms with van der Waals surface area (Å²) in [5.74, 6) is -2.97. The average Bonchev–Trinajstić information content (AvgIpc) is 3.27. The minimum Gasteiger partial charge on any atom is -0.461 e. The van der Waals surface area contributed by atoms with Crippen molar-refractivity contribution in [3.8, 4) is 0 Å². The zero-order valence-corrected chi connectivity index (χ0v) is 45.2. The first-order chi connectivity index (χ1) is 34.3. The van der Waals surface area contributed by atoms with Crippen molar-refractivity contribution < 1.29 is 42.9 Å². The predicted octanol–water partition coefficient (Wildman–Crippen LogP) is 8.06. The summed E-state index contributed by atoms with van der Waals surface area (Å²) in [6, 6.07) is 14.3. The second-order valence-corrected chi connectivity index (χ2v) is 22.3. The summed E-state index contributed by atoms with van der Waals surface area (Å²) < 4.78 is 21.9. The number of amides is 2. The van der Waals surface area contributed by atoms with Crippen molar-refractivity contribution in [2.24, 2.45) is 37.4 Å². The molecule has 0 radical (unpaired) electrons. The molecule has 1 aromatic heterocycles.